The lowest BCUT2D eigenvalue weighted by Gasteiger charge is -2.53. The van der Waals surface area contributed by atoms with Crippen LogP contribution >= 0.6 is 0 Å². The molecule has 6 atom stereocenters. The molecule has 1 aliphatic heterocycles. The van der Waals surface area contributed by atoms with Crippen molar-refractivity contribution in [2.24, 2.45) is 64.6 Å². The van der Waals surface area contributed by atoms with Gasteiger partial charge < -0.3 is 14.2 Å². The molecule has 1 saturated heterocycles. The summed E-state index contributed by atoms with van der Waals surface area (Å²) in [5, 5.41) is 0. The molecule has 37 heavy (non-hydrogen) atoms. The first-order chi connectivity index (χ1) is 17.5. The fourth-order valence-electron chi connectivity index (χ4n) is 9.71. The summed E-state index contributed by atoms with van der Waals surface area (Å²) in [7, 11) is 0. The van der Waals surface area contributed by atoms with Crippen molar-refractivity contribution in [3.05, 3.63) is 0 Å². The molecule has 6 aliphatic rings. The Bertz CT molecular complexity index is 864. The highest BCUT2D eigenvalue weighted by atomic mass is 16.6. The molecular weight excluding hydrogens is 468 g/mol. The van der Waals surface area contributed by atoms with Gasteiger partial charge in [0, 0.05) is 0 Å². The number of carbonyl (C=O) groups excluding carboxylic acids is 3. The topological polar surface area (TPSA) is 78.9 Å². The normalized spacial score (nSPS) is 41.6. The average molecular weight is 517 g/mol. The van der Waals surface area contributed by atoms with Crippen LogP contribution in [-0.4, -0.2) is 36.7 Å². The largest absolute Gasteiger partial charge is 0.462 e. The van der Waals surface area contributed by atoms with Crippen LogP contribution < -0.4 is 0 Å². The molecule has 5 aliphatic carbocycles. The third-order valence-corrected chi connectivity index (χ3v) is 11.1. The number of ether oxygens (including phenoxy) is 3. The molecule has 0 N–H and O–H groups in total. The zero-order valence-corrected chi connectivity index (χ0v) is 23.7. The monoisotopic (exact) mass is 516 g/mol. The number of rotatable bonds is 8. The van der Waals surface area contributed by atoms with E-state index in [0.29, 0.717) is 17.8 Å². The lowest BCUT2D eigenvalue weighted by Crippen LogP contribution is -2.51. The molecule has 6 heteroatoms. The van der Waals surface area contributed by atoms with E-state index in [1.54, 1.807) is 0 Å². The maximum Gasteiger partial charge on any atom is 0.310 e. The standard InChI is InChI=1S/C31H48O6/c1-7-31(5,6)27(16(2)3)23-8-17(4)25(26(23)30(34)36-22-14-24(32)35-15-22)29(33)37-28-20-10-18-9-19(12-20)13-21(28)11-18/h16-23,25-28H,7-15H2,1-6H3/t17?,18?,19?,20?,21?,22?,23?,25?,26?,27-,28?/m0/s1. The van der Waals surface area contributed by atoms with E-state index >= 15 is 0 Å². The van der Waals surface area contributed by atoms with Gasteiger partial charge in [-0.25, -0.2) is 0 Å². The van der Waals surface area contributed by atoms with Crippen LogP contribution in [0.15, 0.2) is 0 Å². The second-order valence-corrected chi connectivity index (χ2v) is 14.3. The fraction of sp³-hybridized carbons (Fsp3) is 0.903. The summed E-state index contributed by atoms with van der Waals surface area (Å²) in [6.45, 7) is 13.5. The summed E-state index contributed by atoms with van der Waals surface area (Å²) >= 11 is 0. The Kier molecular flexibility index (Phi) is 7.43. The van der Waals surface area contributed by atoms with E-state index < -0.39 is 17.9 Å². The average Bonchev–Trinajstić information content (AvgIpc) is 3.37. The molecule has 1 heterocycles. The second-order valence-electron chi connectivity index (χ2n) is 14.3. The molecule has 0 spiro atoms. The molecule has 6 rings (SSSR count). The van der Waals surface area contributed by atoms with Crippen molar-refractivity contribution in [1.82, 2.24) is 0 Å². The minimum absolute atomic E-state index is 0.0112. The molecule has 208 valence electrons. The summed E-state index contributed by atoms with van der Waals surface area (Å²) < 4.78 is 17.4. The molecule has 6 nitrogen and oxygen atoms in total. The van der Waals surface area contributed by atoms with Gasteiger partial charge >= 0.3 is 17.9 Å². The molecule has 6 fully saturated rings. The summed E-state index contributed by atoms with van der Waals surface area (Å²) in [6.07, 6.45) is 7.47. The highest BCUT2D eigenvalue weighted by molar-refractivity contribution is 5.84. The van der Waals surface area contributed by atoms with Gasteiger partial charge in [-0.1, -0.05) is 48.0 Å². The molecule has 0 amide bonds. The smallest absolute Gasteiger partial charge is 0.310 e. The molecule has 0 aromatic rings. The van der Waals surface area contributed by atoms with Crippen LogP contribution in [0.2, 0.25) is 0 Å². The Morgan fingerprint density at radius 1 is 0.946 bits per heavy atom. The van der Waals surface area contributed by atoms with Gasteiger partial charge in [0.15, 0.2) is 0 Å². The molecule has 4 bridgehead atoms. The van der Waals surface area contributed by atoms with Crippen molar-refractivity contribution in [1.29, 1.82) is 0 Å². The lowest BCUT2D eigenvalue weighted by molar-refractivity contribution is -0.182. The molecule has 0 aromatic heterocycles. The fourth-order valence-corrected chi connectivity index (χ4v) is 9.71. The third kappa shape index (κ3) is 5.07. The minimum atomic E-state index is -0.561. The highest BCUT2D eigenvalue weighted by Gasteiger charge is 2.57. The number of carbonyl (C=O) groups is 3. The molecular formula is C31H48O6. The van der Waals surface area contributed by atoms with Gasteiger partial charge in [-0.3, -0.25) is 14.4 Å². The van der Waals surface area contributed by atoms with Crippen LogP contribution in [0.3, 0.4) is 0 Å². The van der Waals surface area contributed by atoms with Crippen molar-refractivity contribution in [2.75, 3.05) is 6.61 Å². The van der Waals surface area contributed by atoms with E-state index in [1.807, 2.05) is 0 Å². The molecule has 5 saturated carbocycles. The lowest BCUT2D eigenvalue weighted by atomic mass is 9.55. The molecule has 5 unspecified atom stereocenters. The first kappa shape index (κ1) is 27.0. The minimum Gasteiger partial charge on any atom is -0.462 e. The Labute approximate surface area is 222 Å². The van der Waals surface area contributed by atoms with Gasteiger partial charge in [-0.05, 0) is 91.3 Å². The molecule has 0 radical (unpaired) electrons. The number of cyclic esters (lactones) is 1. The maximum atomic E-state index is 14.0. The Morgan fingerprint density at radius 2 is 1.54 bits per heavy atom. The van der Waals surface area contributed by atoms with E-state index in [0.717, 1.165) is 24.7 Å². The first-order valence-electron chi connectivity index (χ1n) is 15.0. The third-order valence-electron chi connectivity index (χ3n) is 11.1. The van der Waals surface area contributed by atoms with Crippen molar-refractivity contribution in [2.45, 2.75) is 105 Å². The number of hydrogen-bond acceptors (Lipinski definition) is 6. The van der Waals surface area contributed by atoms with Crippen molar-refractivity contribution in [3.63, 3.8) is 0 Å². The van der Waals surface area contributed by atoms with Crippen LogP contribution in [0.5, 0.6) is 0 Å². The van der Waals surface area contributed by atoms with Crippen LogP contribution in [-0.2, 0) is 28.6 Å². The zero-order valence-electron chi connectivity index (χ0n) is 23.7. The summed E-state index contributed by atoms with van der Waals surface area (Å²) in [5.74, 6) is 1.39. The zero-order chi connectivity index (χ0) is 26.6. The van der Waals surface area contributed by atoms with Crippen molar-refractivity contribution < 1.29 is 28.6 Å². The number of esters is 3. The SMILES string of the molecule is CCC(C)(C)[C@@H](C(C)C)C1CC(C)C(C(=O)OC2C3CC4CC(C3)CC2C4)C1C(=O)OC1COC(=O)C1. The highest BCUT2D eigenvalue weighted by Crippen LogP contribution is 2.57. The van der Waals surface area contributed by atoms with Crippen LogP contribution in [0, 0.1) is 64.6 Å². The summed E-state index contributed by atoms with van der Waals surface area (Å²) in [5.41, 5.74) is 0.0176. The van der Waals surface area contributed by atoms with E-state index in [1.165, 1.54) is 32.1 Å². The van der Waals surface area contributed by atoms with Crippen LogP contribution in [0.25, 0.3) is 0 Å². The van der Waals surface area contributed by atoms with Crippen molar-refractivity contribution in [3.8, 4) is 0 Å². The predicted molar refractivity (Wildman–Crippen MR) is 139 cm³/mol. The van der Waals surface area contributed by atoms with Gasteiger partial charge in [0.2, 0.25) is 0 Å². The van der Waals surface area contributed by atoms with Crippen LogP contribution in [0.1, 0.15) is 92.9 Å². The quantitative estimate of drug-likeness (QED) is 0.299. The Morgan fingerprint density at radius 3 is 2.05 bits per heavy atom. The van der Waals surface area contributed by atoms with E-state index in [4.69, 9.17) is 14.2 Å². The van der Waals surface area contributed by atoms with E-state index in [9.17, 15) is 14.4 Å². The van der Waals surface area contributed by atoms with E-state index in [2.05, 4.69) is 41.5 Å². The molecule has 0 aromatic carbocycles. The Balaban J connectivity index is 1.40. The van der Waals surface area contributed by atoms with Crippen LogP contribution in [0.4, 0.5) is 0 Å². The summed E-state index contributed by atoms with van der Waals surface area (Å²) in [6, 6.07) is 0. The maximum absolute atomic E-state index is 14.0. The van der Waals surface area contributed by atoms with Gasteiger partial charge in [-0.2, -0.15) is 0 Å². The van der Waals surface area contributed by atoms with Gasteiger partial charge in [0.25, 0.3) is 0 Å². The van der Waals surface area contributed by atoms with E-state index in [-0.39, 0.29) is 60.2 Å². The predicted octanol–water partition coefficient (Wildman–Crippen LogP) is 5.81. The van der Waals surface area contributed by atoms with Gasteiger partial charge in [0.05, 0.1) is 18.3 Å². The summed E-state index contributed by atoms with van der Waals surface area (Å²) in [4.78, 5) is 39.5. The first-order valence-corrected chi connectivity index (χ1v) is 15.0. The second kappa shape index (κ2) is 10.2. The number of hydrogen-bond donors (Lipinski definition) is 0. The van der Waals surface area contributed by atoms with Gasteiger partial charge in [-0.15, -0.1) is 0 Å². The Hall–Kier alpha value is -1.59. The van der Waals surface area contributed by atoms with Crippen molar-refractivity contribution >= 4 is 17.9 Å². The van der Waals surface area contributed by atoms with Gasteiger partial charge in [0.1, 0.15) is 18.8 Å².